The van der Waals surface area contributed by atoms with Gasteiger partial charge in [0.15, 0.2) is 0 Å². The Morgan fingerprint density at radius 2 is 1.74 bits per heavy atom. The van der Waals surface area contributed by atoms with Gasteiger partial charge < -0.3 is 9.80 Å². The highest BCUT2D eigenvalue weighted by molar-refractivity contribution is 9.09. The first kappa shape index (κ1) is 17.5. The Labute approximate surface area is 129 Å². The van der Waals surface area contributed by atoms with Crippen molar-refractivity contribution in [3.63, 3.8) is 0 Å². The van der Waals surface area contributed by atoms with Gasteiger partial charge in [-0.15, -0.1) is 0 Å². The van der Waals surface area contributed by atoms with Crippen LogP contribution in [0.1, 0.15) is 46.5 Å². The summed E-state index contributed by atoms with van der Waals surface area (Å²) in [6, 6.07) is 0.733. The van der Waals surface area contributed by atoms with Crippen LogP contribution in [0.4, 0.5) is 0 Å². The lowest BCUT2D eigenvalue weighted by Gasteiger charge is -2.36. The minimum Gasteiger partial charge on any atom is -0.305 e. The van der Waals surface area contributed by atoms with Crippen molar-refractivity contribution >= 4 is 15.9 Å². The quantitative estimate of drug-likeness (QED) is 0.623. The van der Waals surface area contributed by atoms with E-state index in [0.29, 0.717) is 5.41 Å². The highest BCUT2D eigenvalue weighted by atomic mass is 79.9. The van der Waals surface area contributed by atoms with Gasteiger partial charge in [-0.05, 0) is 38.3 Å². The van der Waals surface area contributed by atoms with Gasteiger partial charge in [-0.1, -0.05) is 49.5 Å². The van der Waals surface area contributed by atoms with Crippen LogP contribution in [-0.2, 0) is 0 Å². The molecule has 0 N–H and O–H groups in total. The average molecular weight is 333 g/mol. The summed E-state index contributed by atoms with van der Waals surface area (Å²) in [6.07, 6.45) is 5.30. The Morgan fingerprint density at radius 1 is 1.16 bits per heavy atom. The van der Waals surface area contributed by atoms with E-state index in [1.54, 1.807) is 0 Å². The third kappa shape index (κ3) is 4.71. The topological polar surface area (TPSA) is 6.48 Å². The molecule has 2 nitrogen and oxygen atoms in total. The second-order valence-corrected chi connectivity index (χ2v) is 7.40. The van der Waals surface area contributed by atoms with Crippen molar-refractivity contribution in [3.05, 3.63) is 0 Å². The monoisotopic (exact) mass is 332 g/mol. The van der Waals surface area contributed by atoms with Crippen molar-refractivity contribution in [2.45, 2.75) is 52.5 Å². The lowest BCUT2D eigenvalue weighted by molar-refractivity contribution is 0.161. The molecule has 1 heterocycles. The van der Waals surface area contributed by atoms with Gasteiger partial charge in [0.1, 0.15) is 0 Å². The van der Waals surface area contributed by atoms with E-state index in [9.17, 15) is 0 Å². The molecule has 0 aliphatic carbocycles. The van der Waals surface area contributed by atoms with E-state index in [0.717, 1.165) is 17.3 Å². The summed E-state index contributed by atoms with van der Waals surface area (Å²) in [5.74, 6) is 0.797. The summed E-state index contributed by atoms with van der Waals surface area (Å²) >= 11 is 3.80. The zero-order valence-electron chi connectivity index (χ0n) is 13.6. The fourth-order valence-electron chi connectivity index (χ4n) is 3.84. The van der Waals surface area contributed by atoms with Crippen LogP contribution in [-0.4, -0.2) is 54.9 Å². The molecular formula is C16H33BrN2. The Balaban J connectivity index is 2.65. The standard InChI is InChI=1S/C16H33BrN2/c1-6-8-16(12-17,9-7-2)13-19-10-14(3)15(11-19)18(4)5/h14-15H,6-13H2,1-5H3. The fourth-order valence-corrected chi connectivity index (χ4v) is 4.58. The highest BCUT2D eigenvalue weighted by Crippen LogP contribution is 2.35. The number of hydrogen-bond acceptors (Lipinski definition) is 2. The Kier molecular flexibility index (Phi) is 7.34. The summed E-state index contributed by atoms with van der Waals surface area (Å²) in [5.41, 5.74) is 0.490. The van der Waals surface area contributed by atoms with Gasteiger partial charge in [-0.25, -0.2) is 0 Å². The SMILES string of the molecule is CCCC(CBr)(CCC)CN1CC(C)C(N(C)C)C1. The molecule has 3 heteroatoms. The predicted octanol–water partition coefficient (Wildman–Crippen LogP) is 3.85. The van der Waals surface area contributed by atoms with E-state index in [-0.39, 0.29) is 0 Å². The summed E-state index contributed by atoms with van der Waals surface area (Å²) < 4.78 is 0. The van der Waals surface area contributed by atoms with E-state index in [2.05, 4.69) is 60.6 Å². The van der Waals surface area contributed by atoms with E-state index in [1.165, 1.54) is 45.3 Å². The molecule has 0 aromatic carbocycles. The smallest absolute Gasteiger partial charge is 0.0254 e. The number of halogens is 1. The van der Waals surface area contributed by atoms with Crippen LogP contribution in [0.15, 0.2) is 0 Å². The molecule has 0 spiro atoms. The van der Waals surface area contributed by atoms with Crippen LogP contribution >= 0.6 is 15.9 Å². The molecule has 1 fully saturated rings. The van der Waals surface area contributed by atoms with Crippen LogP contribution in [0.5, 0.6) is 0 Å². The molecule has 0 radical (unpaired) electrons. The highest BCUT2D eigenvalue weighted by Gasteiger charge is 2.36. The van der Waals surface area contributed by atoms with Crippen molar-refractivity contribution in [1.82, 2.24) is 9.80 Å². The zero-order chi connectivity index (χ0) is 14.5. The molecule has 0 aromatic heterocycles. The Hall–Kier alpha value is 0.400. The van der Waals surface area contributed by atoms with Crippen LogP contribution < -0.4 is 0 Å². The Morgan fingerprint density at radius 3 is 2.11 bits per heavy atom. The summed E-state index contributed by atoms with van der Waals surface area (Å²) in [6.45, 7) is 10.8. The van der Waals surface area contributed by atoms with Gasteiger partial charge >= 0.3 is 0 Å². The molecule has 1 saturated heterocycles. The normalized spacial score (nSPS) is 25.4. The van der Waals surface area contributed by atoms with Crippen molar-refractivity contribution in [3.8, 4) is 0 Å². The predicted molar refractivity (Wildman–Crippen MR) is 89.1 cm³/mol. The lowest BCUT2D eigenvalue weighted by Crippen LogP contribution is -2.40. The molecule has 2 unspecified atom stereocenters. The lowest BCUT2D eigenvalue weighted by atomic mass is 9.81. The number of likely N-dealkylation sites (tertiary alicyclic amines) is 1. The molecular weight excluding hydrogens is 300 g/mol. The number of hydrogen-bond donors (Lipinski definition) is 0. The molecule has 0 amide bonds. The van der Waals surface area contributed by atoms with Gasteiger partial charge in [0.25, 0.3) is 0 Å². The van der Waals surface area contributed by atoms with E-state index in [4.69, 9.17) is 0 Å². The van der Waals surface area contributed by atoms with Gasteiger partial charge in [-0.3, -0.25) is 0 Å². The average Bonchev–Trinajstić information content (AvgIpc) is 2.70. The first-order valence-electron chi connectivity index (χ1n) is 7.92. The number of rotatable bonds is 8. The van der Waals surface area contributed by atoms with Crippen LogP contribution in [0.2, 0.25) is 0 Å². The van der Waals surface area contributed by atoms with Gasteiger partial charge in [0.2, 0.25) is 0 Å². The molecule has 0 bridgehead atoms. The largest absolute Gasteiger partial charge is 0.305 e. The molecule has 1 rings (SSSR count). The molecule has 0 saturated carbocycles. The third-order valence-electron chi connectivity index (χ3n) is 4.71. The molecule has 114 valence electrons. The molecule has 2 atom stereocenters. The van der Waals surface area contributed by atoms with Crippen molar-refractivity contribution in [1.29, 1.82) is 0 Å². The summed E-state index contributed by atoms with van der Waals surface area (Å²) in [5, 5.41) is 1.15. The van der Waals surface area contributed by atoms with Crippen LogP contribution in [0.3, 0.4) is 0 Å². The van der Waals surface area contributed by atoms with E-state index < -0.39 is 0 Å². The Bertz CT molecular complexity index is 249. The second-order valence-electron chi connectivity index (χ2n) is 6.84. The number of nitrogens with zero attached hydrogens (tertiary/aromatic N) is 2. The van der Waals surface area contributed by atoms with Gasteiger partial charge in [-0.2, -0.15) is 0 Å². The van der Waals surface area contributed by atoms with Crippen LogP contribution in [0.25, 0.3) is 0 Å². The third-order valence-corrected chi connectivity index (χ3v) is 5.90. The van der Waals surface area contributed by atoms with Crippen LogP contribution in [0, 0.1) is 11.3 Å². The van der Waals surface area contributed by atoms with Crippen molar-refractivity contribution < 1.29 is 0 Å². The minimum atomic E-state index is 0.490. The summed E-state index contributed by atoms with van der Waals surface area (Å²) in [7, 11) is 4.45. The van der Waals surface area contributed by atoms with Gasteiger partial charge in [0, 0.05) is 31.0 Å². The first-order valence-corrected chi connectivity index (χ1v) is 9.05. The zero-order valence-corrected chi connectivity index (χ0v) is 15.2. The van der Waals surface area contributed by atoms with E-state index >= 15 is 0 Å². The van der Waals surface area contributed by atoms with Gasteiger partial charge in [0.05, 0.1) is 0 Å². The second kappa shape index (κ2) is 7.99. The van der Waals surface area contributed by atoms with E-state index in [1.807, 2.05) is 0 Å². The van der Waals surface area contributed by atoms with Crippen molar-refractivity contribution in [2.24, 2.45) is 11.3 Å². The van der Waals surface area contributed by atoms with Crippen molar-refractivity contribution in [2.75, 3.05) is 39.1 Å². The molecule has 0 aromatic rings. The maximum absolute atomic E-state index is 3.80. The minimum absolute atomic E-state index is 0.490. The maximum Gasteiger partial charge on any atom is 0.0254 e. The number of alkyl halides is 1. The molecule has 1 aliphatic heterocycles. The fraction of sp³-hybridized carbons (Fsp3) is 1.00. The summed E-state index contributed by atoms with van der Waals surface area (Å²) in [4.78, 5) is 5.11. The number of likely N-dealkylation sites (N-methyl/N-ethyl adjacent to an activating group) is 1. The molecule has 1 aliphatic rings. The molecule has 19 heavy (non-hydrogen) atoms. The maximum atomic E-state index is 3.80. The first-order chi connectivity index (χ1) is 8.98.